The summed E-state index contributed by atoms with van der Waals surface area (Å²) in [5.41, 5.74) is 13.9. The quantitative estimate of drug-likeness (QED) is 0.0115. The Morgan fingerprint density at radius 1 is 0.591 bits per heavy atom. The number of fused-ring (bicyclic) bond motifs is 1. The number of azo groups is 1. The van der Waals surface area contributed by atoms with Gasteiger partial charge in [-0.2, -0.15) is 30.4 Å². The second-order valence-electron chi connectivity index (χ2n) is 24.8. The molecule has 1 unspecified atom stereocenters. The number of nitrogens with two attached hydrogens (primary N) is 2. The number of carbonyl (C=O) groups excluding carboxylic acids is 10. The second kappa shape index (κ2) is 46.3. The number of nitrogens with one attached hydrogen (secondary N) is 10. The maximum Gasteiger partial charge on any atom is 0.303 e. The van der Waals surface area contributed by atoms with Crippen molar-refractivity contribution in [3.8, 4) is 5.75 Å². The lowest BCUT2D eigenvalue weighted by Crippen LogP contribution is -2.60. The van der Waals surface area contributed by atoms with E-state index >= 15 is 0 Å². The Labute approximate surface area is 642 Å². The van der Waals surface area contributed by atoms with Gasteiger partial charge in [-0.15, -0.1) is 0 Å². The van der Waals surface area contributed by atoms with Crippen LogP contribution in [0, 0.1) is 0 Å². The summed E-state index contributed by atoms with van der Waals surface area (Å²) in [7, 11) is -0.706. The Bertz CT molecular complexity index is 4190. The van der Waals surface area contributed by atoms with E-state index < -0.39 is 163 Å². The van der Waals surface area contributed by atoms with E-state index in [1.54, 1.807) is 43.3 Å². The average Bonchev–Trinajstić information content (AvgIpc) is 0.789. The van der Waals surface area contributed by atoms with Crippen LogP contribution in [0.15, 0.2) is 124 Å². The van der Waals surface area contributed by atoms with E-state index in [0.717, 1.165) is 28.8 Å². The molecule has 0 spiro atoms. The highest BCUT2D eigenvalue weighted by Gasteiger charge is 2.34. The van der Waals surface area contributed by atoms with Gasteiger partial charge >= 0.3 is 11.9 Å². The molecule has 0 bridgehead atoms. The third kappa shape index (κ3) is 32.1. The standard InChI is InChI=1S/C70H94N15O21PS3/c1-4-106-107(102,109-37-35-75-60(89)29-28-59(88)74-34-33-73-51-12-7-10-50-49(51)9-8-13-58(50)110(103,104)105)36-38-108-42-57(82-65(96)44-16-18-45(19-17-44)83-84-46-20-22-47(23-21-46)85(2)3)66(97)76-40-61(90)77-53(26-30-62(91)92)67(98)81-56(41-86)70(101)80-55(39-43-14-24-48(87)25-15-43)69(100)79-54(27-31-63(93)94)68(99)78-52(64(72)95)11-5-6-32-71/h7-10,12-25,52-57,73,86-87H,4-6,11,26-42,71H2,1-3H3,(H2,72,95)(H,74,88)(H,75,89)(H,76,97)(H,77,90)(H,78,99)(H,79,100)(H,80,101)(H,81,98)(H,82,96)(H,91,92)(H,93,94)(H,103,104,105)/b84-83+/t52-,53-,54-,55-,56-,57-,107?/m0/s1. The summed E-state index contributed by atoms with van der Waals surface area (Å²) < 4.78 is 53.2. The van der Waals surface area contributed by atoms with Crippen LogP contribution >= 0.6 is 29.7 Å². The highest BCUT2D eigenvalue weighted by Crippen LogP contribution is 2.59. The Morgan fingerprint density at radius 3 is 1.73 bits per heavy atom. The first-order valence-corrected chi connectivity index (χ1v) is 40.7. The van der Waals surface area contributed by atoms with Crippen molar-refractivity contribution in [1.82, 2.24) is 47.9 Å². The Balaban J connectivity index is 1.22. The molecule has 40 heteroatoms. The highest BCUT2D eigenvalue weighted by atomic mass is 32.7. The SMILES string of the molecule is CCOP(=O)(CCSC[C@H](NC(=O)c1ccc(/N=N/c2ccc(N(C)C)cc2)cc1)C(=O)NCC(=O)N[C@@H](CCC(=O)O)C(=O)N[C@@H](CO)C(=O)N[C@@H](Cc1ccc(O)cc1)C(=O)N[C@@H](CCC(=O)O)C(=O)N[C@@H](CCCCN)C(N)=O)SCCNC(=O)CCC(=O)NCCNc1cccc2c(S(=O)(=O)O)cccc12. The number of aliphatic carboxylic acids is 2. The molecule has 5 rings (SSSR count). The minimum Gasteiger partial charge on any atom is -0.508 e. The van der Waals surface area contributed by atoms with Crippen LogP contribution in [0.2, 0.25) is 0 Å². The summed E-state index contributed by atoms with van der Waals surface area (Å²) in [6, 6.07) is 18.0. The molecule has 0 aliphatic heterocycles. The molecule has 598 valence electrons. The number of carboxylic acids is 2. The fourth-order valence-electron chi connectivity index (χ4n) is 10.4. The second-order valence-corrected chi connectivity index (χ2v) is 32.4. The number of nitrogens with zero attached hydrogens (tertiary/aromatic N) is 3. The van der Waals surface area contributed by atoms with E-state index in [2.05, 4.69) is 63.4 Å². The van der Waals surface area contributed by atoms with Crippen LogP contribution in [0.25, 0.3) is 10.8 Å². The zero-order valence-electron chi connectivity index (χ0n) is 60.6. The van der Waals surface area contributed by atoms with Crippen molar-refractivity contribution in [3.05, 3.63) is 120 Å². The minimum atomic E-state index is -4.48. The Morgan fingerprint density at radius 2 is 1.15 bits per heavy atom. The summed E-state index contributed by atoms with van der Waals surface area (Å²) in [6.07, 6.45) is -2.43. The van der Waals surface area contributed by atoms with Crippen LogP contribution in [-0.2, 0) is 78.4 Å². The molecule has 0 aliphatic carbocycles. The van der Waals surface area contributed by atoms with Crippen LogP contribution in [0.1, 0.15) is 80.6 Å². The number of hydrogen-bond donors (Lipinski definition) is 17. The van der Waals surface area contributed by atoms with Gasteiger partial charge in [0.2, 0.25) is 53.2 Å². The first kappa shape index (κ1) is 90.3. The zero-order chi connectivity index (χ0) is 80.9. The molecule has 0 heterocycles. The average molecular weight is 1610 g/mol. The fourth-order valence-corrected chi connectivity index (χ4v) is 17.0. The third-order valence-electron chi connectivity index (χ3n) is 16.2. The van der Waals surface area contributed by atoms with Crippen LogP contribution in [-0.4, -0.2) is 224 Å². The molecule has 36 nitrogen and oxygen atoms in total. The van der Waals surface area contributed by atoms with E-state index in [1.807, 2.05) is 31.1 Å². The molecule has 19 N–H and O–H groups in total. The number of hydrogen-bond acceptors (Lipinski definition) is 25. The molecule has 110 heavy (non-hydrogen) atoms. The molecular formula is C70H94N15O21PS3. The van der Waals surface area contributed by atoms with Crippen LogP contribution in [0.3, 0.4) is 0 Å². The lowest BCUT2D eigenvalue weighted by atomic mass is 10.0. The van der Waals surface area contributed by atoms with E-state index in [4.69, 9.17) is 16.0 Å². The predicted octanol–water partition coefficient (Wildman–Crippen LogP) is 2.31. The molecule has 5 aromatic rings. The number of aromatic hydroxyl groups is 1. The van der Waals surface area contributed by atoms with Crippen molar-refractivity contribution in [1.29, 1.82) is 0 Å². The van der Waals surface area contributed by atoms with Crippen molar-refractivity contribution in [3.63, 3.8) is 0 Å². The molecular weight excluding hydrogens is 1510 g/mol. The van der Waals surface area contributed by atoms with Crippen LogP contribution in [0.5, 0.6) is 5.75 Å². The fraction of sp³-hybridized carbons (Fsp3) is 0.429. The van der Waals surface area contributed by atoms with E-state index in [1.165, 1.54) is 60.7 Å². The molecule has 0 saturated carbocycles. The van der Waals surface area contributed by atoms with Gasteiger partial charge in [0.05, 0.1) is 31.1 Å². The van der Waals surface area contributed by atoms with Crippen molar-refractivity contribution in [2.24, 2.45) is 21.7 Å². The van der Waals surface area contributed by atoms with E-state index in [0.29, 0.717) is 46.2 Å². The van der Waals surface area contributed by atoms with E-state index in [9.17, 15) is 95.5 Å². The van der Waals surface area contributed by atoms with Gasteiger partial charge in [-0.1, -0.05) is 47.8 Å². The number of anilines is 2. The number of phenols is 1. The van der Waals surface area contributed by atoms with Gasteiger partial charge in [-0.3, -0.25) is 66.7 Å². The lowest BCUT2D eigenvalue weighted by molar-refractivity contribution is -0.139. The maximum absolute atomic E-state index is 14.1. The van der Waals surface area contributed by atoms with Gasteiger partial charge in [0.15, 0.2) is 0 Å². The molecule has 0 saturated heterocycles. The number of unbranched alkanes of at least 4 members (excludes halogenated alkanes) is 1. The Hall–Kier alpha value is -10.3. The largest absolute Gasteiger partial charge is 0.508 e. The lowest BCUT2D eigenvalue weighted by Gasteiger charge is -2.26. The van der Waals surface area contributed by atoms with Crippen LogP contribution < -0.4 is 69.5 Å². The number of benzene rings is 5. The number of aliphatic hydroxyl groups excluding tert-OH is 1. The maximum atomic E-state index is 14.1. The molecule has 0 radical (unpaired) electrons. The van der Waals surface area contributed by atoms with Crippen LogP contribution in [0.4, 0.5) is 22.7 Å². The highest BCUT2D eigenvalue weighted by molar-refractivity contribution is 8.56. The zero-order valence-corrected chi connectivity index (χ0v) is 64.0. The topological polar surface area (TPSA) is 567 Å². The molecule has 0 aliphatic rings. The monoisotopic (exact) mass is 1610 g/mol. The van der Waals surface area contributed by atoms with Gasteiger partial charge in [0.25, 0.3) is 22.6 Å². The summed E-state index contributed by atoms with van der Waals surface area (Å²) in [5, 5.41) is 74.1. The first-order valence-electron chi connectivity index (χ1n) is 34.7. The molecule has 0 fully saturated rings. The van der Waals surface area contributed by atoms with Crippen molar-refractivity contribution < 1.29 is 100 Å². The molecule has 0 aromatic heterocycles. The number of primary amides is 1. The number of rotatable bonds is 50. The number of carboxylic acid groups (broad SMARTS) is 2. The van der Waals surface area contributed by atoms with Crippen molar-refractivity contribution >= 4 is 144 Å². The molecule has 5 aromatic carbocycles. The predicted molar refractivity (Wildman–Crippen MR) is 411 cm³/mol. The van der Waals surface area contributed by atoms with Gasteiger partial charge in [0, 0.05) is 117 Å². The number of carbonyl (C=O) groups is 12. The molecule has 10 amide bonds. The van der Waals surface area contributed by atoms with Gasteiger partial charge in [0.1, 0.15) is 46.9 Å². The van der Waals surface area contributed by atoms with Gasteiger partial charge in [-0.05, 0) is 124 Å². The molecule has 7 atom stereocenters. The summed E-state index contributed by atoms with van der Waals surface area (Å²) >= 11 is 2.04. The van der Waals surface area contributed by atoms with E-state index in [-0.39, 0.29) is 98.1 Å². The van der Waals surface area contributed by atoms with Gasteiger partial charge in [-0.25, -0.2) is 0 Å². The number of phenolic OH excluding ortho intramolecular Hbond substituents is 1. The number of aliphatic hydroxyl groups is 1. The Kier molecular flexibility index (Phi) is 38.0. The summed E-state index contributed by atoms with van der Waals surface area (Å²) in [5.74, 6) is -12.1. The van der Waals surface area contributed by atoms with Gasteiger partial charge < -0.3 is 94.5 Å². The smallest absolute Gasteiger partial charge is 0.303 e. The number of amides is 10. The van der Waals surface area contributed by atoms with Crippen molar-refractivity contribution in [2.75, 3.05) is 93.7 Å². The van der Waals surface area contributed by atoms with Crippen molar-refractivity contribution in [2.45, 2.75) is 112 Å². The number of thioether (sulfide) groups is 1. The third-order valence-corrected chi connectivity index (χ3v) is 23.2. The minimum absolute atomic E-state index is 0.0420. The summed E-state index contributed by atoms with van der Waals surface area (Å²) in [4.78, 5) is 160. The first-order chi connectivity index (χ1) is 52.3. The summed E-state index contributed by atoms with van der Waals surface area (Å²) in [6.45, 7) is -3.17. The normalized spacial score (nSPS) is 13.5.